The molecule has 0 spiro atoms. The maximum atomic E-state index is 12.4. The van der Waals surface area contributed by atoms with Gasteiger partial charge in [0, 0.05) is 39.9 Å². The first-order valence-electron chi connectivity index (χ1n) is 10.4. The number of amides is 3. The van der Waals surface area contributed by atoms with Crippen LogP contribution in [0.3, 0.4) is 0 Å². The van der Waals surface area contributed by atoms with Crippen LogP contribution in [0.5, 0.6) is 0 Å². The van der Waals surface area contributed by atoms with Crippen LogP contribution in [0.2, 0.25) is 0 Å². The number of benzene rings is 1. The number of hydrogen-bond donors (Lipinski definition) is 0. The van der Waals surface area contributed by atoms with E-state index in [1.165, 1.54) is 4.90 Å². The van der Waals surface area contributed by atoms with Gasteiger partial charge in [-0.2, -0.15) is 0 Å². The molecule has 1 aliphatic carbocycles. The van der Waals surface area contributed by atoms with E-state index in [9.17, 15) is 19.2 Å². The molecule has 3 rings (SSSR count). The van der Waals surface area contributed by atoms with Gasteiger partial charge in [0.25, 0.3) is 5.91 Å². The van der Waals surface area contributed by atoms with Gasteiger partial charge in [0.15, 0.2) is 6.61 Å². The molecular weight excluding hydrogens is 398 g/mol. The Bertz CT molecular complexity index is 852. The lowest BCUT2D eigenvalue weighted by atomic mass is 9.85. The number of anilines is 1. The van der Waals surface area contributed by atoms with Gasteiger partial charge in [0.2, 0.25) is 11.8 Å². The van der Waals surface area contributed by atoms with Crippen LogP contribution in [0.1, 0.15) is 24.8 Å². The molecule has 0 unspecified atom stereocenters. The smallest absolute Gasteiger partial charge is 0.308 e. The Balaban J connectivity index is 1.41. The molecule has 1 heterocycles. The topological polar surface area (TPSA) is 87.2 Å². The summed E-state index contributed by atoms with van der Waals surface area (Å²) in [6.07, 6.45) is 4.85. The normalized spacial score (nSPS) is 19.9. The zero-order valence-electron chi connectivity index (χ0n) is 18.2. The van der Waals surface area contributed by atoms with Gasteiger partial charge in [-0.05, 0) is 30.5 Å². The van der Waals surface area contributed by atoms with Gasteiger partial charge in [0.05, 0.1) is 18.3 Å². The number of imide groups is 1. The summed E-state index contributed by atoms with van der Waals surface area (Å²) in [5, 5.41) is 0. The molecule has 0 aromatic heterocycles. The third kappa shape index (κ3) is 5.31. The molecule has 31 heavy (non-hydrogen) atoms. The second-order valence-electron chi connectivity index (χ2n) is 8.21. The first-order valence-corrected chi connectivity index (χ1v) is 10.4. The predicted molar refractivity (Wildman–Crippen MR) is 115 cm³/mol. The fraction of sp³-hybridized carbons (Fsp3) is 0.478. The Hall–Kier alpha value is -3.16. The van der Waals surface area contributed by atoms with Gasteiger partial charge in [0.1, 0.15) is 0 Å². The van der Waals surface area contributed by atoms with Crippen LogP contribution < -0.4 is 4.90 Å². The largest absolute Gasteiger partial charge is 0.456 e. The Morgan fingerprint density at radius 3 is 2.13 bits per heavy atom. The highest BCUT2D eigenvalue weighted by atomic mass is 16.5. The molecule has 0 bridgehead atoms. The number of carbonyl (C=O) groups excluding carboxylic acids is 4. The average molecular weight is 428 g/mol. The summed E-state index contributed by atoms with van der Waals surface area (Å²) in [5.41, 5.74) is 2.03. The zero-order chi connectivity index (χ0) is 22.5. The first kappa shape index (κ1) is 22.5. The summed E-state index contributed by atoms with van der Waals surface area (Å²) in [4.78, 5) is 53.8. The fourth-order valence-electron chi connectivity index (χ4n) is 3.88. The number of hydrogen-bond acceptors (Lipinski definition) is 6. The molecule has 1 saturated heterocycles. The summed E-state index contributed by atoms with van der Waals surface area (Å²) >= 11 is 0. The van der Waals surface area contributed by atoms with Crippen LogP contribution in [0.4, 0.5) is 5.69 Å². The maximum Gasteiger partial charge on any atom is 0.308 e. The standard InChI is InChI=1S/C23H29N3O5/c1-24(2)17-10-8-16(9-11-17)14-25(3)20(27)15-31-21(28)12-13-26-22(29)18-6-4-5-7-19(18)23(26)30/h4-5,8-11,18-19H,6-7,12-15H2,1-3H3/t18-,19-/m1/s1. The molecule has 166 valence electrons. The molecule has 1 fully saturated rings. The Morgan fingerprint density at radius 1 is 1.00 bits per heavy atom. The highest BCUT2D eigenvalue weighted by Crippen LogP contribution is 2.35. The quantitative estimate of drug-likeness (QED) is 0.356. The molecule has 0 N–H and O–H groups in total. The van der Waals surface area contributed by atoms with E-state index in [1.807, 2.05) is 55.4 Å². The molecule has 2 aliphatic rings. The number of likely N-dealkylation sites (tertiary alicyclic amines) is 1. The van der Waals surface area contributed by atoms with Gasteiger partial charge in [-0.3, -0.25) is 24.1 Å². The minimum Gasteiger partial charge on any atom is -0.456 e. The number of fused-ring (bicyclic) bond motifs is 1. The number of allylic oxidation sites excluding steroid dienone is 2. The SMILES string of the molecule is CN(Cc1ccc(N(C)C)cc1)C(=O)COC(=O)CCN1C(=O)[C@@H]2CC=CC[C@H]2C1=O. The molecule has 0 radical (unpaired) electrons. The Labute approximate surface area is 182 Å². The van der Waals surface area contributed by atoms with E-state index in [1.54, 1.807) is 7.05 Å². The van der Waals surface area contributed by atoms with E-state index >= 15 is 0 Å². The second kappa shape index (κ2) is 9.76. The monoisotopic (exact) mass is 427 g/mol. The van der Waals surface area contributed by atoms with Crippen LogP contribution in [-0.2, 0) is 30.5 Å². The van der Waals surface area contributed by atoms with Gasteiger partial charge >= 0.3 is 5.97 Å². The summed E-state index contributed by atoms with van der Waals surface area (Å²) in [6.45, 7) is 0.0195. The highest BCUT2D eigenvalue weighted by molar-refractivity contribution is 6.05. The van der Waals surface area contributed by atoms with Crippen molar-refractivity contribution in [3.63, 3.8) is 0 Å². The number of carbonyl (C=O) groups is 4. The number of esters is 1. The Morgan fingerprint density at radius 2 is 1.58 bits per heavy atom. The summed E-state index contributed by atoms with van der Waals surface area (Å²) in [7, 11) is 5.56. The van der Waals surface area contributed by atoms with Crippen LogP contribution in [-0.4, -0.2) is 67.8 Å². The maximum absolute atomic E-state index is 12.4. The van der Waals surface area contributed by atoms with E-state index < -0.39 is 5.97 Å². The summed E-state index contributed by atoms with van der Waals surface area (Å²) < 4.78 is 5.06. The zero-order valence-corrected chi connectivity index (χ0v) is 18.2. The van der Waals surface area contributed by atoms with E-state index in [4.69, 9.17) is 4.74 Å². The molecule has 0 saturated carbocycles. The lowest BCUT2D eigenvalue weighted by molar-refractivity contribution is -0.152. The van der Waals surface area contributed by atoms with Crippen LogP contribution in [0.25, 0.3) is 0 Å². The molecular formula is C23H29N3O5. The lowest BCUT2D eigenvalue weighted by Crippen LogP contribution is -2.34. The van der Waals surface area contributed by atoms with Crippen molar-refractivity contribution < 1.29 is 23.9 Å². The van der Waals surface area contributed by atoms with E-state index in [-0.39, 0.29) is 49.1 Å². The van der Waals surface area contributed by atoms with Crippen molar-refractivity contribution in [2.45, 2.75) is 25.8 Å². The molecule has 8 heteroatoms. The van der Waals surface area contributed by atoms with Gasteiger partial charge < -0.3 is 14.5 Å². The molecule has 3 amide bonds. The van der Waals surface area contributed by atoms with Crippen molar-refractivity contribution in [1.29, 1.82) is 0 Å². The van der Waals surface area contributed by atoms with Crippen molar-refractivity contribution in [2.24, 2.45) is 11.8 Å². The molecule has 1 aliphatic heterocycles. The fourth-order valence-corrected chi connectivity index (χ4v) is 3.88. The van der Waals surface area contributed by atoms with Crippen molar-refractivity contribution in [2.75, 3.05) is 39.2 Å². The van der Waals surface area contributed by atoms with Gasteiger partial charge in [-0.15, -0.1) is 0 Å². The lowest BCUT2D eigenvalue weighted by Gasteiger charge is -2.19. The van der Waals surface area contributed by atoms with Crippen molar-refractivity contribution >= 4 is 29.4 Å². The minimum atomic E-state index is -0.606. The molecule has 8 nitrogen and oxygen atoms in total. The summed E-state index contributed by atoms with van der Waals surface area (Å²) in [6, 6.07) is 7.84. The van der Waals surface area contributed by atoms with Crippen LogP contribution in [0, 0.1) is 11.8 Å². The van der Waals surface area contributed by atoms with E-state index in [0.29, 0.717) is 19.4 Å². The number of rotatable bonds is 8. The second-order valence-corrected chi connectivity index (χ2v) is 8.21. The van der Waals surface area contributed by atoms with Crippen LogP contribution in [0.15, 0.2) is 36.4 Å². The Kier molecular flexibility index (Phi) is 7.09. The van der Waals surface area contributed by atoms with Gasteiger partial charge in [-0.1, -0.05) is 24.3 Å². The van der Waals surface area contributed by atoms with E-state index in [0.717, 1.165) is 16.2 Å². The number of likely N-dealkylation sites (N-methyl/N-ethyl adjacent to an activating group) is 1. The highest BCUT2D eigenvalue weighted by Gasteiger charge is 2.46. The molecule has 1 aromatic carbocycles. The van der Waals surface area contributed by atoms with Crippen molar-refractivity contribution in [1.82, 2.24) is 9.80 Å². The number of ether oxygens (including phenoxy) is 1. The summed E-state index contributed by atoms with van der Waals surface area (Å²) in [5.74, 6) is -1.99. The number of nitrogens with zero attached hydrogens (tertiary/aromatic N) is 3. The third-order valence-electron chi connectivity index (χ3n) is 5.79. The first-order chi connectivity index (χ1) is 14.8. The van der Waals surface area contributed by atoms with Crippen molar-refractivity contribution in [3.05, 3.63) is 42.0 Å². The molecule has 1 aromatic rings. The van der Waals surface area contributed by atoms with E-state index in [2.05, 4.69) is 0 Å². The van der Waals surface area contributed by atoms with Crippen molar-refractivity contribution in [3.8, 4) is 0 Å². The molecule has 2 atom stereocenters. The predicted octanol–water partition coefficient (Wildman–Crippen LogP) is 1.60. The average Bonchev–Trinajstić information content (AvgIpc) is 3.01. The van der Waals surface area contributed by atoms with Crippen LogP contribution >= 0.6 is 0 Å². The minimum absolute atomic E-state index is 0.00818. The van der Waals surface area contributed by atoms with Gasteiger partial charge in [-0.25, -0.2) is 0 Å². The third-order valence-corrected chi connectivity index (χ3v) is 5.79.